The molecule has 15 heavy (non-hydrogen) atoms. The van der Waals surface area contributed by atoms with Crippen molar-refractivity contribution in [2.45, 2.75) is 41.5 Å². The second kappa shape index (κ2) is 7.10. The predicted octanol–water partition coefficient (Wildman–Crippen LogP) is 4.62. The van der Waals surface area contributed by atoms with Crippen LogP contribution >= 0.6 is 0 Å². The van der Waals surface area contributed by atoms with Crippen LogP contribution in [0.3, 0.4) is 0 Å². The quantitative estimate of drug-likeness (QED) is 0.604. The molecule has 0 amide bonds. The van der Waals surface area contributed by atoms with E-state index >= 15 is 0 Å². The normalized spacial score (nSPS) is 16.1. The molecule has 0 bridgehead atoms. The van der Waals surface area contributed by atoms with Crippen LogP contribution in [0.15, 0.2) is 47.5 Å². The average molecular weight is 205 g/mol. The fraction of sp³-hybridized carbons (Fsp3) is 0.429. The van der Waals surface area contributed by atoms with E-state index in [1.54, 1.807) is 0 Å². The topological polar surface area (TPSA) is 3.24 Å². The molecule has 0 aliphatic carbocycles. The fourth-order valence-corrected chi connectivity index (χ4v) is 1.24. The summed E-state index contributed by atoms with van der Waals surface area (Å²) in [5.74, 6) is 0. The van der Waals surface area contributed by atoms with Crippen molar-refractivity contribution in [3.05, 3.63) is 47.5 Å². The van der Waals surface area contributed by atoms with Gasteiger partial charge in [-0.3, -0.25) is 0 Å². The maximum atomic E-state index is 2.20. The molecule has 0 aromatic heterocycles. The lowest BCUT2D eigenvalue weighted by Crippen LogP contribution is -2.15. The Balaban J connectivity index is 0.000000921. The Morgan fingerprint density at radius 3 is 2.20 bits per heavy atom. The summed E-state index contributed by atoms with van der Waals surface area (Å²) in [5.41, 5.74) is 3.88. The third-order valence-electron chi connectivity index (χ3n) is 2.27. The standard InChI is InChI=1S/C12H17N.C2H6/c1-5-12-8-6-7-9-13(12)11(4)10(2)3;1-2/h5-9H,1-4H3;1-2H3/b12-5-;. The molecule has 84 valence electrons. The van der Waals surface area contributed by atoms with E-state index in [2.05, 4.69) is 63.1 Å². The van der Waals surface area contributed by atoms with Crippen molar-refractivity contribution in [1.29, 1.82) is 0 Å². The lowest BCUT2D eigenvalue weighted by Gasteiger charge is -2.25. The third kappa shape index (κ3) is 3.78. The van der Waals surface area contributed by atoms with Crippen molar-refractivity contribution in [3.8, 4) is 0 Å². The van der Waals surface area contributed by atoms with Gasteiger partial charge in [0.1, 0.15) is 0 Å². The molecule has 0 saturated carbocycles. The summed E-state index contributed by atoms with van der Waals surface area (Å²) >= 11 is 0. The molecule has 0 aromatic carbocycles. The van der Waals surface area contributed by atoms with Crippen molar-refractivity contribution >= 4 is 0 Å². The van der Waals surface area contributed by atoms with Crippen LogP contribution in [-0.4, -0.2) is 4.90 Å². The summed E-state index contributed by atoms with van der Waals surface area (Å²) in [4.78, 5) is 2.20. The van der Waals surface area contributed by atoms with Crippen LogP contribution in [-0.2, 0) is 0 Å². The number of allylic oxidation sites excluding steroid dienone is 6. The molecule has 1 heteroatoms. The van der Waals surface area contributed by atoms with Crippen molar-refractivity contribution in [2.75, 3.05) is 0 Å². The monoisotopic (exact) mass is 205 g/mol. The van der Waals surface area contributed by atoms with Gasteiger partial charge in [-0.1, -0.05) is 31.6 Å². The van der Waals surface area contributed by atoms with Crippen molar-refractivity contribution in [3.63, 3.8) is 0 Å². The molecule has 1 nitrogen and oxygen atoms in total. The minimum Gasteiger partial charge on any atom is -0.322 e. The van der Waals surface area contributed by atoms with Gasteiger partial charge >= 0.3 is 0 Å². The van der Waals surface area contributed by atoms with Gasteiger partial charge in [0.2, 0.25) is 0 Å². The average Bonchev–Trinajstić information content (AvgIpc) is 2.30. The van der Waals surface area contributed by atoms with Crippen molar-refractivity contribution in [1.82, 2.24) is 4.90 Å². The maximum Gasteiger partial charge on any atom is 0.0409 e. The molecular formula is C14H23N. The lowest BCUT2D eigenvalue weighted by molar-refractivity contribution is 0.579. The van der Waals surface area contributed by atoms with Gasteiger partial charge in [0, 0.05) is 17.6 Å². The van der Waals surface area contributed by atoms with Crippen LogP contribution in [0.2, 0.25) is 0 Å². The van der Waals surface area contributed by atoms with Crippen molar-refractivity contribution in [2.24, 2.45) is 0 Å². The van der Waals surface area contributed by atoms with E-state index in [0.29, 0.717) is 0 Å². The highest BCUT2D eigenvalue weighted by Crippen LogP contribution is 2.20. The second-order valence-corrected chi connectivity index (χ2v) is 3.37. The zero-order valence-corrected chi connectivity index (χ0v) is 10.8. The highest BCUT2D eigenvalue weighted by Gasteiger charge is 2.07. The van der Waals surface area contributed by atoms with Gasteiger partial charge in [0.15, 0.2) is 0 Å². The van der Waals surface area contributed by atoms with Crippen molar-refractivity contribution < 1.29 is 0 Å². The zero-order chi connectivity index (χ0) is 11.8. The summed E-state index contributed by atoms with van der Waals surface area (Å²) in [6.45, 7) is 12.5. The highest BCUT2D eigenvalue weighted by atomic mass is 15.1. The number of rotatable bonds is 1. The van der Waals surface area contributed by atoms with Gasteiger partial charge in [-0.25, -0.2) is 0 Å². The van der Waals surface area contributed by atoms with Gasteiger partial charge in [0.05, 0.1) is 0 Å². The molecule has 1 aliphatic heterocycles. The van der Waals surface area contributed by atoms with E-state index in [-0.39, 0.29) is 0 Å². The molecule has 0 N–H and O–H groups in total. The summed E-state index contributed by atoms with van der Waals surface area (Å²) in [6.07, 6.45) is 10.4. The third-order valence-corrected chi connectivity index (χ3v) is 2.27. The molecule has 1 rings (SSSR count). The van der Waals surface area contributed by atoms with Crippen LogP contribution in [0.25, 0.3) is 0 Å². The molecule has 0 spiro atoms. The number of nitrogens with zero attached hydrogens (tertiary/aromatic N) is 1. The first-order chi connectivity index (χ1) is 7.16. The van der Waals surface area contributed by atoms with E-state index in [4.69, 9.17) is 0 Å². The Morgan fingerprint density at radius 1 is 1.13 bits per heavy atom. The predicted molar refractivity (Wildman–Crippen MR) is 69.3 cm³/mol. The first kappa shape index (κ1) is 13.8. The second-order valence-electron chi connectivity index (χ2n) is 3.37. The molecule has 0 atom stereocenters. The van der Waals surface area contributed by atoms with E-state index in [9.17, 15) is 0 Å². The van der Waals surface area contributed by atoms with Gasteiger partial charge in [-0.05, 0) is 39.8 Å². The van der Waals surface area contributed by atoms with Gasteiger partial charge in [0.25, 0.3) is 0 Å². The minimum atomic E-state index is 1.24. The molecule has 1 aliphatic rings. The molecule has 1 heterocycles. The SMILES string of the molecule is C/C=C1/C=CC=CN1C(C)=C(C)C.CC. The molecule has 0 unspecified atom stereocenters. The van der Waals surface area contributed by atoms with E-state index in [0.717, 1.165) is 0 Å². The van der Waals surface area contributed by atoms with Gasteiger partial charge < -0.3 is 4.90 Å². The lowest BCUT2D eigenvalue weighted by atomic mass is 10.2. The van der Waals surface area contributed by atoms with Crippen LogP contribution in [0.5, 0.6) is 0 Å². The largest absolute Gasteiger partial charge is 0.322 e. The summed E-state index contributed by atoms with van der Waals surface area (Å²) in [5, 5.41) is 0. The smallest absolute Gasteiger partial charge is 0.0409 e. The zero-order valence-electron chi connectivity index (χ0n) is 10.8. The van der Waals surface area contributed by atoms with E-state index < -0.39 is 0 Å². The highest BCUT2D eigenvalue weighted by molar-refractivity contribution is 5.32. The minimum absolute atomic E-state index is 1.24. The summed E-state index contributed by atoms with van der Waals surface area (Å²) in [7, 11) is 0. The molecular weight excluding hydrogens is 182 g/mol. The van der Waals surface area contributed by atoms with Crippen LogP contribution < -0.4 is 0 Å². The molecule has 0 fully saturated rings. The Labute approximate surface area is 94.5 Å². The molecule has 0 saturated heterocycles. The number of hydrogen-bond donors (Lipinski definition) is 0. The Hall–Kier alpha value is -1.24. The molecule has 0 aromatic rings. The first-order valence-corrected chi connectivity index (χ1v) is 5.61. The maximum absolute atomic E-state index is 2.20. The Morgan fingerprint density at radius 2 is 1.73 bits per heavy atom. The Bertz CT molecular complexity index is 297. The summed E-state index contributed by atoms with van der Waals surface area (Å²) < 4.78 is 0. The fourth-order valence-electron chi connectivity index (χ4n) is 1.24. The van der Waals surface area contributed by atoms with Crippen LogP contribution in [0.4, 0.5) is 0 Å². The van der Waals surface area contributed by atoms with Crippen LogP contribution in [0.1, 0.15) is 41.5 Å². The van der Waals surface area contributed by atoms with E-state index in [1.165, 1.54) is 17.0 Å². The van der Waals surface area contributed by atoms with Gasteiger partial charge in [-0.2, -0.15) is 0 Å². The molecule has 0 radical (unpaired) electrons. The Kier molecular flexibility index (Phi) is 6.52. The summed E-state index contributed by atoms with van der Waals surface area (Å²) in [6, 6.07) is 0. The van der Waals surface area contributed by atoms with Gasteiger partial charge in [-0.15, -0.1) is 0 Å². The van der Waals surface area contributed by atoms with E-state index in [1.807, 2.05) is 13.8 Å². The first-order valence-electron chi connectivity index (χ1n) is 5.61. The van der Waals surface area contributed by atoms with Crippen LogP contribution in [0, 0.1) is 0 Å². The number of hydrogen-bond acceptors (Lipinski definition) is 1.